The van der Waals surface area contributed by atoms with Crippen molar-refractivity contribution in [3.8, 4) is 17.2 Å². The summed E-state index contributed by atoms with van der Waals surface area (Å²) >= 11 is 0. The van der Waals surface area contributed by atoms with E-state index in [1.165, 1.54) is 12.4 Å². The van der Waals surface area contributed by atoms with Gasteiger partial charge in [0.25, 0.3) is 5.91 Å². The molecule has 2 heterocycles. The van der Waals surface area contributed by atoms with Crippen molar-refractivity contribution in [2.45, 2.75) is 6.54 Å². The number of hydrogen-bond donors (Lipinski definition) is 2. The van der Waals surface area contributed by atoms with Crippen LogP contribution in [0.3, 0.4) is 0 Å². The lowest BCUT2D eigenvalue weighted by atomic mass is 10.3. The fraction of sp³-hybridized carbons (Fsp3) is 0.125. The number of ether oxygens (including phenoxy) is 1. The summed E-state index contributed by atoms with van der Waals surface area (Å²) < 4.78 is 6.83. The summed E-state index contributed by atoms with van der Waals surface area (Å²) in [6.07, 6.45) is 4.14. The van der Waals surface area contributed by atoms with Crippen molar-refractivity contribution in [1.82, 2.24) is 25.1 Å². The molecular weight excluding hydrogens is 310 g/mol. The first-order valence-electron chi connectivity index (χ1n) is 7.14. The van der Waals surface area contributed by atoms with Crippen molar-refractivity contribution in [2.24, 2.45) is 0 Å². The summed E-state index contributed by atoms with van der Waals surface area (Å²) in [4.78, 5) is 19.4. The zero-order valence-corrected chi connectivity index (χ0v) is 12.9. The Kier molecular flexibility index (Phi) is 4.37. The number of carbonyl (C=O) groups excluding carboxylic acids is 1. The second-order valence-electron chi connectivity index (χ2n) is 4.90. The molecule has 1 amide bonds. The lowest BCUT2D eigenvalue weighted by Gasteiger charge is -2.04. The number of nitrogens with one attached hydrogen (secondary N) is 1. The quantitative estimate of drug-likeness (QED) is 0.733. The molecule has 0 aliphatic carbocycles. The van der Waals surface area contributed by atoms with Crippen LogP contribution in [-0.2, 0) is 6.54 Å². The van der Waals surface area contributed by atoms with Crippen molar-refractivity contribution in [3.63, 3.8) is 0 Å². The molecule has 2 N–H and O–H groups in total. The molecule has 0 saturated heterocycles. The van der Waals surface area contributed by atoms with Crippen LogP contribution in [0.4, 0.5) is 0 Å². The molecule has 122 valence electrons. The van der Waals surface area contributed by atoms with E-state index in [-0.39, 0.29) is 18.1 Å². The summed E-state index contributed by atoms with van der Waals surface area (Å²) in [6.45, 7) is 0.242. The standard InChI is InChI=1S/C16H15N5O3/c1-24-14-4-2-12(3-5-14)21-7-6-11(20-21)8-19-16(23)15-17-9-13(22)10-18-15/h2-7,9-10,22H,8H2,1H3,(H,19,23). The van der Waals surface area contributed by atoms with Gasteiger partial charge in [0.05, 0.1) is 37.4 Å². The zero-order valence-electron chi connectivity index (χ0n) is 12.9. The van der Waals surface area contributed by atoms with Crippen LogP contribution in [0.15, 0.2) is 48.9 Å². The highest BCUT2D eigenvalue weighted by molar-refractivity contribution is 5.90. The second-order valence-corrected chi connectivity index (χ2v) is 4.90. The number of carbonyl (C=O) groups is 1. The molecule has 24 heavy (non-hydrogen) atoms. The van der Waals surface area contributed by atoms with Crippen LogP contribution < -0.4 is 10.1 Å². The Bertz CT molecular complexity index is 828. The molecule has 0 fully saturated rings. The minimum absolute atomic E-state index is 0.0117. The second kappa shape index (κ2) is 6.78. The lowest BCUT2D eigenvalue weighted by Crippen LogP contribution is -2.25. The summed E-state index contributed by atoms with van der Waals surface area (Å²) in [5, 5.41) is 16.2. The molecule has 0 spiro atoms. The van der Waals surface area contributed by atoms with E-state index in [0.29, 0.717) is 5.69 Å². The van der Waals surface area contributed by atoms with Crippen molar-refractivity contribution >= 4 is 5.91 Å². The lowest BCUT2D eigenvalue weighted by molar-refractivity contribution is 0.0940. The highest BCUT2D eigenvalue weighted by Crippen LogP contribution is 2.14. The van der Waals surface area contributed by atoms with Crippen LogP contribution in [0.5, 0.6) is 11.5 Å². The SMILES string of the molecule is COc1ccc(-n2ccc(CNC(=O)c3ncc(O)cn3)n2)cc1. The third-order valence-corrected chi connectivity index (χ3v) is 3.25. The minimum Gasteiger partial charge on any atom is -0.505 e. The van der Waals surface area contributed by atoms with E-state index in [9.17, 15) is 4.79 Å². The molecule has 0 aliphatic heterocycles. The van der Waals surface area contributed by atoms with Gasteiger partial charge in [0, 0.05) is 6.20 Å². The van der Waals surface area contributed by atoms with Crippen LogP contribution in [0.25, 0.3) is 5.69 Å². The largest absolute Gasteiger partial charge is 0.505 e. The number of hydrogen-bond acceptors (Lipinski definition) is 6. The Labute approximate surface area is 137 Å². The number of methoxy groups -OCH3 is 1. The summed E-state index contributed by atoms with van der Waals surface area (Å²) in [5.74, 6) is 0.230. The van der Waals surface area contributed by atoms with Gasteiger partial charge in [-0.2, -0.15) is 5.10 Å². The van der Waals surface area contributed by atoms with Gasteiger partial charge in [0.2, 0.25) is 5.82 Å². The molecule has 3 aromatic rings. The predicted molar refractivity (Wildman–Crippen MR) is 85.0 cm³/mol. The first kappa shape index (κ1) is 15.5. The van der Waals surface area contributed by atoms with E-state index in [1.807, 2.05) is 30.3 Å². The van der Waals surface area contributed by atoms with Gasteiger partial charge in [-0.3, -0.25) is 4.79 Å². The van der Waals surface area contributed by atoms with E-state index in [2.05, 4.69) is 20.4 Å². The molecule has 2 aromatic heterocycles. The van der Waals surface area contributed by atoms with Crippen molar-refractivity contribution in [1.29, 1.82) is 0 Å². The third kappa shape index (κ3) is 3.49. The van der Waals surface area contributed by atoms with E-state index >= 15 is 0 Å². The number of benzene rings is 1. The Balaban J connectivity index is 1.63. The fourth-order valence-electron chi connectivity index (χ4n) is 2.02. The summed E-state index contributed by atoms with van der Waals surface area (Å²) in [6, 6.07) is 9.28. The van der Waals surface area contributed by atoms with Crippen molar-refractivity contribution < 1.29 is 14.6 Å². The summed E-state index contributed by atoms with van der Waals surface area (Å²) in [7, 11) is 1.61. The van der Waals surface area contributed by atoms with Crippen LogP contribution in [0.2, 0.25) is 0 Å². The number of nitrogens with zero attached hydrogens (tertiary/aromatic N) is 4. The van der Waals surface area contributed by atoms with Gasteiger partial charge in [-0.15, -0.1) is 0 Å². The van der Waals surface area contributed by atoms with Crippen LogP contribution in [0, 0.1) is 0 Å². The van der Waals surface area contributed by atoms with E-state index in [4.69, 9.17) is 9.84 Å². The van der Waals surface area contributed by atoms with Crippen molar-refractivity contribution in [3.05, 3.63) is 60.4 Å². The van der Waals surface area contributed by atoms with E-state index < -0.39 is 5.91 Å². The average molecular weight is 325 g/mol. The smallest absolute Gasteiger partial charge is 0.289 e. The zero-order chi connectivity index (χ0) is 16.9. The van der Waals surface area contributed by atoms with Gasteiger partial charge < -0.3 is 15.2 Å². The first-order valence-corrected chi connectivity index (χ1v) is 7.14. The predicted octanol–water partition coefficient (Wildman–Crippen LogP) is 1.31. The molecule has 3 rings (SSSR count). The molecule has 0 atom stereocenters. The topological polar surface area (TPSA) is 102 Å². The average Bonchev–Trinajstić information content (AvgIpc) is 3.09. The van der Waals surface area contributed by atoms with E-state index in [1.54, 1.807) is 18.0 Å². The van der Waals surface area contributed by atoms with Crippen molar-refractivity contribution in [2.75, 3.05) is 7.11 Å². The molecule has 0 saturated carbocycles. The van der Waals surface area contributed by atoms with E-state index in [0.717, 1.165) is 11.4 Å². The molecule has 0 aliphatic rings. The highest BCUT2D eigenvalue weighted by atomic mass is 16.5. The molecule has 0 radical (unpaired) electrons. The molecule has 8 heteroatoms. The highest BCUT2D eigenvalue weighted by Gasteiger charge is 2.09. The minimum atomic E-state index is -0.436. The molecule has 0 unspecified atom stereocenters. The Hall–Kier alpha value is -3.42. The van der Waals surface area contributed by atoms with Gasteiger partial charge in [-0.1, -0.05) is 0 Å². The maximum absolute atomic E-state index is 11.9. The Morgan fingerprint density at radius 2 is 1.92 bits per heavy atom. The van der Waals surface area contributed by atoms with Gasteiger partial charge in [-0.05, 0) is 30.3 Å². The van der Waals surface area contributed by atoms with Crippen LogP contribution in [-0.4, -0.2) is 37.9 Å². The Morgan fingerprint density at radius 3 is 2.58 bits per heavy atom. The maximum atomic E-state index is 11.9. The molecular formula is C16H15N5O3. The number of aromatic nitrogens is 4. The monoisotopic (exact) mass is 325 g/mol. The number of rotatable bonds is 5. The fourth-order valence-corrected chi connectivity index (χ4v) is 2.02. The summed E-state index contributed by atoms with van der Waals surface area (Å²) in [5.41, 5.74) is 1.58. The normalized spacial score (nSPS) is 10.4. The van der Waals surface area contributed by atoms with Gasteiger partial charge >= 0.3 is 0 Å². The maximum Gasteiger partial charge on any atom is 0.289 e. The third-order valence-electron chi connectivity index (χ3n) is 3.25. The molecule has 1 aromatic carbocycles. The van der Waals surface area contributed by atoms with Gasteiger partial charge in [0.1, 0.15) is 5.75 Å². The van der Waals surface area contributed by atoms with Gasteiger partial charge in [-0.25, -0.2) is 14.6 Å². The number of aromatic hydroxyl groups is 1. The van der Waals surface area contributed by atoms with Gasteiger partial charge in [0.15, 0.2) is 5.75 Å². The Morgan fingerprint density at radius 1 is 1.21 bits per heavy atom. The van der Waals surface area contributed by atoms with Crippen LogP contribution >= 0.6 is 0 Å². The molecule has 8 nitrogen and oxygen atoms in total. The van der Waals surface area contributed by atoms with Crippen LogP contribution in [0.1, 0.15) is 16.3 Å². The first-order chi connectivity index (χ1) is 11.7. The molecule has 0 bridgehead atoms. The number of amides is 1.